The zero-order valence-corrected chi connectivity index (χ0v) is 15.2. The number of carbonyl (C=O) groups is 2. The van der Waals surface area contributed by atoms with Gasteiger partial charge >= 0.3 is 0 Å². The number of nitrogens with one attached hydrogen (secondary N) is 2. The molecule has 9 heteroatoms. The Labute approximate surface area is 156 Å². The molecule has 0 spiro atoms. The molecule has 3 aromatic rings. The summed E-state index contributed by atoms with van der Waals surface area (Å²) in [6.07, 6.45) is -0.877. The zero-order chi connectivity index (χ0) is 18.5. The number of hydrazine groups is 1. The van der Waals surface area contributed by atoms with Crippen LogP contribution in [0.1, 0.15) is 17.4 Å². The highest BCUT2D eigenvalue weighted by molar-refractivity contribution is 7.20. The molecule has 1 aromatic carbocycles. The van der Waals surface area contributed by atoms with Crippen molar-refractivity contribution in [2.45, 2.75) is 13.0 Å². The largest absolute Gasteiger partial charge is 0.481 e. The third-order valence-electron chi connectivity index (χ3n) is 3.26. The van der Waals surface area contributed by atoms with Gasteiger partial charge in [0, 0.05) is 5.38 Å². The summed E-state index contributed by atoms with van der Waals surface area (Å²) < 4.78 is 18.2. The lowest BCUT2D eigenvalue weighted by molar-refractivity contribution is -0.128. The van der Waals surface area contributed by atoms with E-state index < -0.39 is 23.7 Å². The van der Waals surface area contributed by atoms with Gasteiger partial charge in [0.05, 0.1) is 4.88 Å². The summed E-state index contributed by atoms with van der Waals surface area (Å²) in [7, 11) is 0. The minimum Gasteiger partial charge on any atom is -0.481 e. The third-order valence-corrected chi connectivity index (χ3v) is 5.15. The van der Waals surface area contributed by atoms with Crippen molar-refractivity contribution in [1.29, 1.82) is 0 Å². The molecule has 6 nitrogen and oxygen atoms in total. The molecule has 0 radical (unpaired) electrons. The molecule has 2 N–H and O–H groups in total. The molecular weight excluding hydrogens is 377 g/mol. The number of benzene rings is 1. The summed E-state index contributed by atoms with van der Waals surface area (Å²) in [6, 6.07) is 9.12. The van der Waals surface area contributed by atoms with Gasteiger partial charge in [-0.15, -0.1) is 22.7 Å². The Morgan fingerprint density at radius 2 is 1.92 bits per heavy atom. The first-order valence-corrected chi connectivity index (χ1v) is 9.30. The average molecular weight is 391 g/mol. The van der Waals surface area contributed by atoms with Crippen molar-refractivity contribution in [3.05, 3.63) is 58.7 Å². The second kappa shape index (κ2) is 8.07. The Hall–Kier alpha value is -2.78. The normalized spacial score (nSPS) is 11.6. The van der Waals surface area contributed by atoms with Crippen molar-refractivity contribution in [3.8, 4) is 15.6 Å². The second-order valence-electron chi connectivity index (χ2n) is 5.17. The summed E-state index contributed by atoms with van der Waals surface area (Å²) in [5.74, 6) is -1.12. The standard InChI is InChI=1S/C17H14FN3O3S2/c1-10(24-12-6-4-11(18)5-7-12)15(22)20-21-16(23)13-9-26-17(19-13)14-3-2-8-25-14/h2-10H,1H3,(H,20,22)(H,21,23). The van der Waals surface area contributed by atoms with E-state index in [0.29, 0.717) is 5.75 Å². The van der Waals surface area contributed by atoms with E-state index in [9.17, 15) is 14.0 Å². The van der Waals surface area contributed by atoms with Crippen LogP contribution >= 0.6 is 22.7 Å². The number of carbonyl (C=O) groups excluding carboxylic acids is 2. The Morgan fingerprint density at radius 1 is 1.15 bits per heavy atom. The first-order valence-electron chi connectivity index (χ1n) is 7.55. The Bertz CT molecular complexity index is 894. The Kier molecular flexibility index (Phi) is 5.59. The van der Waals surface area contributed by atoms with Crippen LogP contribution in [0.25, 0.3) is 9.88 Å². The highest BCUT2D eigenvalue weighted by atomic mass is 32.1. The molecule has 3 rings (SSSR count). The van der Waals surface area contributed by atoms with Crippen LogP contribution < -0.4 is 15.6 Å². The van der Waals surface area contributed by atoms with Crippen LogP contribution in [0.4, 0.5) is 4.39 Å². The van der Waals surface area contributed by atoms with E-state index in [1.165, 1.54) is 53.9 Å². The Morgan fingerprint density at radius 3 is 2.62 bits per heavy atom. The molecule has 26 heavy (non-hydrogen) atoms. The fourth-order valence-corrected chi connectivity index (χ4v) is 3.56. The monoisotopic (exact) mass is 391 g/mol. The number of ether oxygens (including phenoxy) is 1. The van der Waals surface area contributed by atoms with Crippen LogP contribution in [-0.4, -0.2) is 22.9 Å². The molecular formula is C17H14FN3O3S2. The molecule has 0 saturated heterocycles. The summed E-state index contributed by atoms with van der Waals surface area (Å²) in [4.78, 5) is 29.3. The van der Waals surface area contributed by atoms with Gasteiger partial charge in [0.1, 0.15) is 22.3 Å². The van der Waals surface area contributed by atoms with Crippen LogP contribution in [0.2, 0.25) is 0 Å². The number of aromatic nitrogens is 1. The number of halogens is 1. The fourth-order valence-electron chi connectivity index (χ4n) is 1.95. The highest BCUT2D eigenvalue weighted by Crippen LogP contribution is 2.27. The molecule has 0 fully saturated rings. The molecule has 0 aliphatic rings. The topological polar surface area (TPSA) is 80.3 Å². The van der Waals surface area contributed by atoms with Gasteiger partial charge in [-0.05, 0) is 42.6 Å². The lowest BCUT2D eigenvalue weighted by Gasteiger charge is -2.14. The zero-order valence-electron chi connectivity index (χ0n) is 13.6. The van der Waals surface area contributed by atoms with Gasteiger partial charge in [-0.2, -0.15) is 0 Å². The van der Waals surface area contributed by atoms with Crippen LogP contribution in [0.5, 0.6) is 5.75 Å². The predicted octanol–water partition coefficient (Wildman–Crippen LogP) is 3.24. The molecule has 0 aliphatic carbocycles. The van der Waals surface area contributed by atoms with Crippen LogP contribution in [0, 0.1) is 5.82 Å². The second-order valence-corrected chi connectivity index (χ2v) is 6.98. The molecule has 134 valence electrons. The third kappa shape index (κ3) is 4.44. The summed E-state index contributed by atoms with van der Waals surface area (Å²) in [5.41, 5.74) is 4.80. The van der Waals surface area contributed by atoms with Gasteiger partial charge in [-0.1, -0.05) is 6.07 Å². The molecule has 2 heterocycles. The first kappa shape index (κ1) is 18.0. The smallest absolute Gasteiger partial charge is 0.289 e. The van der Waals surface area contributed by atoms with Gasteiger partial charge < -0.3 is 4.74 Å². The van der Waals surface area contributed by atoms with Crippen molar-refractivity contribution < 1.29 is 18.7 Å². The fraction of sp³-hybridized carbons (Fsp3) is 0.118. The number of rotatable bonds is 5. The molecule has 2 aromatic heterocycles. The van der Waals surface area contributed by atoms with Gasteiger partial charge in [-0.25, -0.2) is 9.37 Å². The minimum absolute atomic E-state index is 0.214. The van der Waals surface area contributed by atoms with Crippen molar-refractivity contribution in [1.82, 2.24) is 15.8 Å². The first-order chi connectivity index (χ1) is 12.5. The van der Waals surface area contributed by atoms with Gasteiger partial charge in [0.25, 0.3) is 11.8 Å². The molecule has 0 saturated carbocycles. The average Bonchev–Trinajstić information content (AvgIpc) is 3.32. The summed E-state index contributed by atoms with van der Waals surface area (Å²) in [5, 5.41) is 4.29. The quantitative estimate of drug-likeness (QED) is 0.655. The number of hydrogen-bond acceptors (Lipinski definition) is 6. The summed E-state index contributed by atoms with van der Waals surface area (Å²) >= 11 is 2.88. The lowest BCUT2D eigenvalue weighted by Crippen LogP contribution is -2.47. The van der Waals surface area contributed by atoms with Crippen molar-refractivity contribution in [2.24, 2.45) is 0 Å². The molecule has 2 amide bonds. The number of amides is 2. The van der Waals surface area contributed by atoms with E-state index >= 15 is 0 Å². The summed E-state index contributed by atoms with van der Waals surface area (Å²) in [6.45, 7) is 1.52. The van der Waals surface area contributed by atoms with Gasteiger partial charge in [0.15, 0.2) is 6.10 Å². The minimum atomic E-state index is -0.877. The van der Waals surface area contributed by atoms with Gasteiger partial charge in [0.2, 0.25) is 0 Å². The van der Waals surface area contributed by atoms with Crippen LogP contribution in [0.15, 0.2) is 47.2 Å². The van der Waals surface area contributed by atoms with Crippen molar-refractivity contribution in [3.63, 3.8) is 0 Å². The number of thiazole rings is 1. The van der Waals surface area contributed by atoms with E-state index in [-0.39, 0.29) is 5.69 Å². The maximum Gasteiger partial charge on any atom is 0.289 e. The van der Waals surface area contributed by atoms with E-state index in [1.54, 1.807) is 5.38 Å². The molecule has 0 bridgehead atoms. The van der Waals surface area contributed by atoms with E-state index in [0.717, 1.165) is 9.88 Å². The van der Waals surface area contributed by atoms with Crippen molar-refractivity contribution in [2.75, 3.05) is 0 Å². The molecule has 1 unspecified atom stereocenters. The van der Waals surface area contributed by atoms with E-state index in [2.05, 4.69) is 15.8 Å². The van der Waals surface area contributed by atoms with E-state index in [1.807, 2.05) is 17.5 Å². The predicted molar refractivity (Wildman–Crippen MR) is 97.5 cm³/mol. The number of nitrogens with zero attached hydrogens (tertiary/aromatic N) is 1. The van der Waals surface area contributed by atoms with E-state index in [4.69, 9.17) is 4.74 Å². The van der Waals surface area contributed by atoms with Crippen molar-refractivity contribution >= 4 is 34.5 Å². The van der Waals surface area contributed by atoms with Gasteiger partial charge in [-0.3, -0.25) is 20.4 Å². The molecule has 0 aliphatic heterocycles. The SMILES string of the molecule is CC(Oc1ccc(F)cc1)C(=O)NNC(=O)c1csc(-c2cccs2)n1. The van der Waals surface area contributed by atoms with Crippen LogP contribution in [0.3, 0.4) is 0 Å². The maximum atomic E-state index is 12.9. The molecule has 1 atom stereocenters. The lowest BCUT2D eigenvalue weighted by atomic mass is 10.3. The number of thiophene rings is 1. The maximum absolute atomic E-state index is 12.9. The highest BCUT2D eigenvalue weighted by Gasteiger charge is 2.17. The Balaban J connectivity index is 1.52. The number of hydrogen-bond donors (Lipinski definition) is 2. The van der Waals surface area contributed by atoms with Crippen LogP contribution in [-0.2, 0) is 4.79 Å².